The minimum atomic E-state index is -0.829. The van der Waals surface area contributed by atoms with Crippen molar-refractivity contribution >= 4 is 0 Å². The maximum Gasteiger partial charge on any atom is 0.201 e. The highest BCUT2D eigenvalue weighted by Gasteiger charge is 2.31. The number of hydrogen-bond acceptors (Lipinski definition) is 1. The topological polar surface area (TPSA) is 9.23 Å². The van der Waals surface area contributed by atoms with Gasteiger partial charge >= 0.3 is 0 Å². The van der Waals surface area contributed by atoms with Gasteiger partial charge < -0.3 is 4.74 Å². The van der Waals surface area contributed by atoms with E-state index in [-0.39, 0.29) is 5.75 Å². The minimum absolute atomic E-state index is 0.106. The Hall–Kier alpha value is -1.12. The first-order valence-corrected chi connectivity index (χ1v) is 11.1. The van der Waals surface area contributed by atoms with Crippen LogP contribution >= 0.6 is 0 Å². The summed E-state index contributed by atoms with van der Waals surface area (Å²) in [6.45, 7) is 6.19. The van der Waals surface area contributed by atoms with E-state index >= 15 is 0 Å². The van der Waals surface area contributed by atoms with Gasteiger partial charge in [0, 0.05) is 0 Å². The Morgan fingerprint density at radius 2 is 1.37 bits per heavy atom. The molecule has 0 bridgehead atoms. The predicted octanol–water partition coefficient (Wildman–Crippen LogP) is 7.37. The third-order valence-electron chi connectivity index (χ3n) is 7.14. The van der Waals surface area contributed by atoms with Gasteiger partial charge in [-0.25, -0.2) is 4.39 Å². The first-order chi connectivity index (χ1) is 13.0. The van der Waals surface area contributed by atoms with Crippen molar-refractivity contribution in [3.05, 3.63) is 28.8 Å². The second-order valence-corrected chi connectivity index (χ2v) is 9.13. The van der Waals surface area contributed by atoms with Crippen LogP contribution in [0.3, 0.4) is 0 Å². The van der Waals surface area contributed by atoms with Crippen LogP contribution in [0.2, 0.25) is 0 Å². The molecule has 1 aromatic rings. The predicted molar refractivity (Wildman–Crippen MR) is 107 cm³/mol. The Kier molecular flexibility index (Phi) is 7.16. The summed E-state index contributed by atoms with van der Waals surface area (Å²) in [5.41, 5.74) is 1.02. The highest BCUT2D eigenvalue weighted by atomic mass is 19.2. The molecule has 0 saturated heterocycles. The SMILES string of the molecule is CCCC1CCC(C2CCC(COc3c(C)cc(C)c(F)c3F)CC2)CC1. The van der Waals surface area contributed by atoms with Crippen LogP contribution in [0.25, 0.3) is 0 Å². The minimum Gasteiger partial charge on any atom is -0.490 e. The van der Waals surface area contributed by atoms with Gasteiger partial charge in [0.05, 0.1) is 6.61 Å². The number of ether oxygens (including phenoxy) is 1. The van der Waals surface area contributed by atoms with E-state index in [4.69, 9.17) is 4.74 Å². The van der Waals surface area contributed by atoms with Crippen LogP contribution in [0.15, 0.2) is 6.07 Å². The van der Waals surface area contributed by atoms with Crippen molar-refractivity contribution in [1.82, 2.24) is 0 Å². The van der Waals surface area contributed by atoms with Gasteiger partial charge in [0.15, 0.2) is 11.6 Å². The molecule has 2 fully saturated rings. The van der Waals surface area contributed by atoms with E-state index in [0.717, 1.165) is 30.6 Å². The number of aryl methyl sites for hydroxylation is 2. The fraction of sp³-hybridized carbons (Fsp3) is 0.750. The molecular weight excluding hydrogens is 342 g/mol. The third kappa shape index (κ3) is 5.03. The molecule has 2 aliphatic rings. The molecule has 2 saturated carbocycles. The second kappa shape index (κ2) is 9.39. The maximum absolute atomic E-state index is 14.2. The van der Waals surface area contributed by atoms with Gasteiger partial charge in [-0.1, -0.05) is 32.6 Å². The number of halogens is 2. The van der Waals surface area contributed by atoms with Crippen molar-refractivity contribution in [2.24, 2.45) is 23.7 Å². The lowest BCUT2D eigenvalue weighted by Crippen LogP contribution is -2.27. The monoisotopic (exact) mass is 378 g/mol. The largest absolute Gasteiger partial charge is 0.490 e. The Morgan fingerprint density at radius 3 is 1.93 bits per heavy atom. The first-order valence-electron chi connectivity index (χ1n) is 11.1. The zero-order chi connectivity index (χ0) is 19.4. The van der Waals surface area contributed by atoms with E-state index in [0.29, 0.717) is 23.7 Å². The summed E-state index contributed by atoms with van der Waals surface area (Å²) in [5, 5.41) is 0. The van der Waals surface area contributed by atoms with Crippen LogP contribution in [-0.2, 0) is 0 Å². The van der Waals surface area contributed by atoms with Crippen molar-refractivity contribution in [1.29, 1.82) is 0 Å². The quantitative estimate of drug-likeness (QED) is 0.502. The second-order valence-electron chi connectivity index (χ2n) is 9.13. The summed E-state index contributed by atoms with van der Waals surface area (Å²) in [6.07, 6.45) is 13.3. The number of hydrogen-bond donors (Lipinski definition) is 0. The van der Waals surface area contributed by atoms with Crippen molar-refractivity contribution in [2.75, 3.05) is 6.61 Å². The lowest BCUT2D eigenvalue weighted by molar-refractivity contribution is 0.120. The summed E-state index contributed by atoms with van der Waals surface area (Å²) in [7, 11) is 0. The fourth-order valence-electron chi connectivity index (χ4n) is 5.46. The lowest BCUT2D eigenvalue weighted by Gasteiger charge is -2.37. The summed E-state index contributed by atoms with van der Waals surface area (Å²) < 4.78 is 33.7. The van der Waals surface area contributed by atoms with Crippen LogP contribution in [0.1, 0.15) is 82.3 Å². The molecule has 0 spiro atoms. The third-order valence-corrected chi connectivity index (χ3v) is 7.14. The highest BCUT2D eigenvalue weighted by Crippen LogP contribution is 2.42. The molecule has 0 heterocycles. The van der Waals surface area contributed by atoms with E-state index in [1.54, 1.807) is 19.9 Å². The van der Waals surface area contributed by atoms with E-state index in [2.05, 4.69) is 6.92 Å². The summed E-state index contributed by atoms with van der Waals surface area (Å²) in [4.78, 5) is 0. The Morgan fingerprint density at radius 1 is 0.815 bits per heavy atom. The highest BCUT2D eigenvalue weighted by molar-refractivity contribution is 5.38. The van der Waals surface area contributed by atoms with Crippen molar-refractivity contribution in [2.45, 2.75) is 85.0 Å². The molecule has 0 atom stereocenters. The molecule has 0 aliphatic heterocycles. The molecule has 152 valence electrons. The molecule has 27 heavy (non-hydrogen) atoms. The molecule has 0 unspecified atom stereocenters. The van der Waals surface area contributed by atoms with E-state index in [1.807, 2.05) is 0 Å². The zero-order valence-corrected chi connectivity index (χ0v) is 17.3. The lowest BCUT2D eigenvalue weighted by atomic mass is 9.69. The Labute approximate surface area is 163 Å². The number of benzene rings is 1. The van der Waals surface area contributed by atoms with Gasteiger partial charge in [-0.15, -0.1) is 0 Å². The van der Waals surface area contributed by atoms with Crippen LogP contribution in [0.5, 0.6) is 5.75 Å². The average Bonchev–Trinajstić information content (AvgIpc) is 2.67. The molecule has 3 heteroatoms. The van der Waals surface area contributed by atoms with Crippen LogP contribution in [-0.4, -0.2) is 6.61 Å². The van der Waals surface area contributed by atoms with E-state index < -0.39 is 11.6 Å². The molecule has 0 radical (unpaired) electrons. The molecule has 0 N–H and O–H groups in total. The van der Waals surface area contributed by atoms with Gasteiger partial charge in [0.1, 0.15) is 0 Å². The maximum atomic E-state index is 14.2. The fourth-order valence-corrected chi connectivity index (χ4v) is 5.46. The van der Waals surface area contributed by atoms with E-state index in [1.165, 1.54) is 51.4 Å². The molecule has 2 aliphatic carbocycles. The molecule has 0 aromatic heterocycles. The van der Waals surface area contributed by atoms with Crippen LogP contribution < -0.4 is 4.74 Å². The molecule has 1 aromatic carbocycles. The summed E-state index contributed by atoms with van der Waals surface area (Å²) >= 11 is 0. The average molecular weight is 379 g/mol. The van der Waals surface area contributed by atoms with Gasteiger partial charge in [-0.2, -0.15) is 4.39 Å². The molecule has 1 nitrogen and oxygen atoms in total. The smallest absolute Gasteiger partial charge is 0.201 e. The summed E-state index contributed by atoms with van der Waals surface area (Å²) in [5.74, 6) is 1.74. The number of rotatable bonds is 6. The van der Waals surface area contributed by atoms with Gasteiger partial charge in [-0.3, -0.25) is 0 Å². The van der Waals surface area contributed by atoms with Crippen molar-refractivity contribution in [3.8, 4) is 5.75 Å². The Bertz CT molecular complexity index is 611. The molecule has 0 amide bonds. The van der Waals surface area contributed by atoms with Gasteiger partial charge in [0.25, 0.3) is 0 Å². The standard InChI is InChI=1S/C24H36F2O/c1-4-5-18-6-10-20(11-7-18)21-12-8-19(9-13-21)15-27-24-17(3)14-16(2)22(25)23(24)26/h14,18-21H,4-13,15H2,1-3H3. The molecule has 3 rings (SSSR count). The Balaban J connectivity index is 1.45. The first kappa shape index (κ1) is 20.6. The van der Waals surface area contributed by atoms with Crippen LogP contribution in [0, 0.1) is 49.2 Å². The van der Waals surface area contributed by atoms with Gasteiger partial charge in [-0.05, 0) is 93.2 Å². The van der Waals surface area contributed by atoms with Crippen LogP contribution in [0.4, 0.5) is 8.78 Å². The normalized spacial score (nSPS) is 28.9. The molecular formula is C24H36F2O. The van der Waals surface area contributed by atoms with Crippen molar-refractivity contribution < 1.29 is 13.5 Å². The van der Waals surface area contributed by atoms with Crippen molar-refractivity contribution in [3.63, 3.8) is 0 Å². The zero-order valence-electron chi connectivity index (χ0n) is 17.3. The summed E-state index contributed by atoms with van der Waals surface area (Å²) in [6, 6.07) is 1.67. The van der Waals surface area contributed by atoms with E-state index in [9.17, 15) is 8.78 Å². The van der Waals surface area contributed by atoms with Gasteiger partial charge in [0.2, 0.25) is 5.82 Å².